The van der Waals surface area contributed by atoms with Crippen molar-refractivity contribution in [2.45, 2.75) is 13.5 Å². The fraction of sp³-hybridized carbons (Fsp3) is 0.167. The molecule has 2 aromatic carbocycles. The fourth-order valence-corrected chi connectivity index (χ4v) is 2.08. The number of hydrogen-bond donors (Lipinski definition) is 2. The van der Waals surface area contributed by atoms with E-state index in [1.807, 2.05) is 19.1 Å². The van der Waals surface area contributed by atoms with Crippen LogP contribution in [0.3, 0.4) is 0 Å². The van der Waals surface area contributed by atoms with Crippen LogP contribution >= 0.6 is 11.6 Å². The number of nitrogens with zero attached hydrogens (tertiary/aromatic N) is 1. The van der Waals surface area contributed by atoms with Gasteiger partial charge in [0.15, 0.2) is 0 Å². The van der Waals surface area contributed by atoms with E-state index in [1.165, 1.54) is 6.21 Å². The van der Waals surface area contributed by atoms with Gasteiger partial charge in [0.05, 0.1) is 12.8 Å². The van der Waals surface area contributed by atoms with E-state index in [4.69, 9.17) is 16.3 Å². The molecule has 0 saturated carbocycles. The summed E-state index contributed by atoms with van der Waals surface area (Å²) in [4.78, 5) is 23.5. The third-order valence-corrected chi connectivity index (χ3v) is 3.41. The van der Waals surface area contributed by atoms with Gasteiger partial charge in [-0.2, -0.15) is 5.10 Å². The number of amides is 2. The quantitative estimate of drug-likeness (QED) is 0.472. The molecule has 25 heavy (non-hydrogen) atoms. The normalized spacial score (nSPS) is 10.5. The number of carbonyl (C=O) groups excluding carboxylic acids is 2. The molecule has 0 heterocycles. The van der Waals surface area contributed by atoms with E-state index < -0.39 is 11.8 Å². The standard InChI is InChI=1S/C18H18ClN3O3/c1-2-25-16-6-4-3-5-14(16)12-21-22-18(24)17(23)20-11-13-7-9-15(19)10-8-13/h3-10,12H,2,11H2,1H3,(H,20,23)(H,22,24)/b21-12-. The maximum atomic E-state index is 11.7. The number of hydrogen-bond acceptors (Lipinski definition) is 4. The van der Waals surface area contributed by atoms with E-state index in [2.05, 4.69) is 15.8 Å². The summed E-state index contributed by atoms with van der Waals surface area (Å²) in [5.74, 6) is -0.973. The van der Waals surface area contributed by atoms with Gasteiger partial charge in [0.25, 0.3) is 0 Å². The van der Waals surface area contributed by atoms with Gasteiger partial charge in [0.2, 0.25) is 0 Å². The number of ether oxygens (including phenoxy) is 1. The minimum Gasteiger partial charge on any atom is -0.493 e. The maximum absolute atomic E-state index is 11.7. The maximum Gasteiger partial charge on any atom is 0.329 e. The van der Waals surface area contributed by atoms with Gasteiger partial charge in [0.1, 0.15) is 5.75 Å². The first-order valence-corrected chi connectivity index (χ1v) is 8.05. The second-order valence-electron chi connectivity index (χ2n) is 4.98. The van der Waals surface area contributed by atoms with Crippen LogP contribution in [0.25, 0.3) is 0 Å². The molecule has 0 atom stereocenters. The van der Waals surface area contributed by atoms with Gasteiger partial charge in [0, 0.05) is 17.1 Å². The van der Waals surface area contributed by atoms with Gasteiger partial charge in [-0.3, -0.25) is 9.59 Å². The first kappa shape index (κ1) is 18.5. The number of hydrazone groups is 1. The Balaban J connectivity index is 1.85. The lowest BCUT2D eigenvalue weighted by Gasteiger charge is -2.06. The van der Waals surface area contributed by atoms with Crippen molar-refractivity contribution in [1.82, 2.24) is 10.7 Å². The average molecular weight is 360 g/mol. The highest BCUT2D eigenvalue weighted by Gasteiger charge is 2.12. The number of benzene rings is 2. The topological polar surface area (TPSA) is 79.8 Å². The Bertz CT molecular complexity index is 760. The molecule has 0 spiro atoms. The lowest BCUT2D eigenvalue weighted by Crippen LogP contribution is -2.37. The predicted octanol–water partition coefficient (Wildman–Crippen LogP) is 2.51. The number of nitrogens with one attached hydrogen (secondary N) is 2. The van der Waals surface area contributed by atoms with Gasteiger partial charge >= 0.3 is 11.8 Å². The van der Waals surface area contributed by atoms with Crippen LogP contribution in [0.5, 0.6) is 5.75 Å². The lowest BCUT2D eigenvalue weighted by atomic mass is 10.2. The Morgan fingerprint density at radius 1 is 1.12 bits per heavy atom. The summed E-state index contributed by atoms with van der Waals surface area (Å²) in [7, 11) is 0. The van der Waals surface area contributed by atoms with E-state index in [9.17, 15) is 9.59 Å². The highest BCUT2D eigenvalue weighted by Crippen LogP contribution is 2.15. The summed E-state index contributed by atoms with van der Waals surface area (Å²) in [5, 5.41) is 6.90. The van der Waals surface area contributed by atoms with Gasteiger partial charge in [-0.05, 0) is 36.8 Å². The second-order valence-corrected chi connectivity index (χ2v) is 5.42. The summed E-state index contributed by atoms with van der Waals surface area (Å²) in [5.41, 5.74) is 3.72. The highest BCUT2D eigenvalue weighted by atomic mass is 35.5. The molecule has 0 radical (unpaired) electrons. The lowest BCUT2D eigenvalue weighted by molar-refractivity contribution is -0.139. The molecule has 0 unspecified atom stereocenters. The molecular weight excluding hydrogens is 342 g/mol. The Labute approximate surface area is 150 Å². The molecule has 0 fully saturated rings. The fourth-order valence-electron chi connectivity index (χ4n) is 1.95. The molecule has 0 aliphatic carbocycles. The summed E-state index contributed by atoms with van der Waals surface area (Å²) in [6.45, 7) is 2.62. The first-order chi connectivity index (χ1) is 12.1. The van der Waals surface area contributed by atoms with Gasteiger partial charge in [-0.15, -0.1) is 0 Å². The van der Waals surface area contributed by atoms with Crippen LogP contribution in [0, 0.1) is 0 Å². The molecule has 2 amide bonds. The first-order valence-electron chi connectivity index (χ1n) is 7.67. The molecule has 2 rings (SSSR count). The Kier molecular flexibility index (Phi) is 6.98. The van der Waals surface area contributed by atoms with Gasteiger partial charge < -0.3 is 10.1 Å². The smallest absolute Gasteiger partial charge is 0.329 e. The monoisotopic (exact) mass is 359 g/mol. The van der Waals surface area contributed by atoms with E-state index in [0.717, 1.165) is 5.56 Å². The molecular formula is C18H18ClN3O3. The second kappa shape index (κ2) is 9.44. The zero-order valence-corrected chi connectivity index (χ0v) is 14.4. The molecule has 0 saturated heterocycles. The minimum absolute atomic E-state index is 0.223. The number of carbonyl (C=O) groups is 2. The SMILES string of the molecule is CCOc1ccccc1/C=N\NC(=O)C(=O)NCc1ccc(Cl)cc1. The number of para-hydroxylation sites is 1. The van der Waals surface area contributed by atoms with Gasteiger partial charge in [-0.25, -0.2) is 5.43 Å². The summed E-state index contributed by atoms with van der Waals surface area (Å²) in [6.07, 6.45) is 1.43. The molecule has 130 valence electrons. The van der Waals surface area contributed by atoms with Crippen molar-refractivity contribution in [3.8, 4) is 5.75 Å². The molecule has 0 aliphatic heterocycles. The highest BCUT2D eigenvalue weighted by molar-refractivity contribution is 6.35. The molecule has 0 aliphatic rings. The van der Waals surface area contributed by atoms with Crippen LogP contribution < -0.4 is 15.5 Å². The molecule has 2 aromatic rings. The zero-order chi connectivity index (χ0) is 18.1. The molecule has 6 nitrogen and oxygen atoms in total. The summed E-state index contributed by atoms with van der Waals surface area (Å²) in [6, 6.07) is 14.2. The largest absolute Gasteiger partial charge is 0.493 e. The van der Waals surface area contributed by atoms with E-state index in [-0.39, 0.29) is 6.54 Å². The van der Waals surface area contributed by atoms with Crippen molar-refractivity contribution in [3.05, 3.63) is 64.7 Å². The van der Waals surface area contributed by atoms with Crippen molar-refractivity contribution >= 4 is 29.6 Å². The third-order valence-electron chi connectivity index (χ3n) is 3.16. The van der Waals surface area contributed by atoms with Crippen molar-refractivity contribution < 1.29 is 14.3 Å². The predicted molar refractivity (Wildman–Crippen MR) is 96.6 cm³/mol. The summed E-state index contributed by atoms with van der Waals surface area (Å²) >= 11 is 5.79. The van der Waals surface area contributed by atoms with E-state index in [0.29, 0.717) is 22.9 Å². The zero-order valence-electron chi connectivity index (χ0n) is 13.7. The molecule has 2 N–H and O–H groups in total. The Hall–Kier alpha value is -2.86. The van der Waals surface area contributed by atoms with Crippen LogP contribution in [0.1, 0.15) is 18.1 Å². The Morgan fingerprint density at radius 3 is 2.56 bits per heavy atom. The van der Waals surface area contributed by atoms with Crippen LogP contribution in [-0.4, -0.2) is 24.6 Å². The summed E-state index contributed by atoms with van der Waals surface area (Å²) < 4.78 is 5.45. The van der Waals surface area contributed by atoms with Gasteiger partial charge in [-0.1, -0.05) is 35.9 Å². The average Bonchev–Trinajstić information content (AvgIpc) is 2.62. The van der Waals surface area contributed by atoms with E-state index >= 15 is 0 Å². The van der Waals surface area contributed by atoms with Crippen LogP contribution in [-0.2, 0) is 16.1 Å². The van der Waals surface area contributed by atoms with Crippen molar-refractivity contribution in [3.63, 3.8) is 0 Å². The van der Waals surface area contributed by atoms with Crippen molar-refractivity contribution in [2.75, 3.05) is 6.61 Å². The number of rotatable bonds is 6. The Morgan fingerprint density at radius 2 is 1.84 bits per heavy atom. The number of halogens is 1. The molecule has 7 heteroatoms. The van der Waals surface area contributed by atoms with Crippen molar-refractivity contribution in [1.29, 1.82) is 0 Å². The third kappa shape index (κ3) is 5.93. The molecule has 0 bridgehead atoms. The minimum atomic E-state index is -0.848. The van der Waals surface area contributed by atoms with Crippen LogP contribution in [0.4, 0.5) is 0 Å². The van der Waals surface area contributed by atoms with E-state index in [1.54, 1.807) is 36.4 Å². The van der Waals surface area contributed by atoms with Crippen LogP contribution in [0.2, 0.25) is 5.02 Å². The van der Waals surface area contributed by atoms with Crippen LogP contribution in [0.15, 0.2) is 53.6 Å². The van der Waals surface area contributed by atoms with Crippen molar-refractivity contribution in [2.24, 2.45) is 5.10 Å². The molecule has 0 aromatic heterocycles.